The molecule has 1 aromatic heterocycles. The molecule has 0 amide bonds. The Hall–Kier alpha value is -1.27. The van der Waals surface area contributed by atoms with Crippen LogP contribution in [0, 0.1) is 11.3 Å². The molecule has 0 aromatic carbocycles. The van der Waals surface area contributed by atoms with Crippen molar-refractivity contribution >= 4 is 0 Å². The van der Waals surface area contributed by atoms with Crippen LogP contribution in [0.25, 0.3) is 0 Å². The van der Waals surface area contributed by atoms with Gasteiger partial charge in [-0.05, 0) is 19.2 Å². The summed E-state index contributed by atoms with van der Waals surface area (Å²) in [7, 11) is 2.10. The Morgan fingerprint density at radius 3 is 3.00 bits per heavy atom. The second-order valence-corrected chi connectivity index (χ2v) is 3.21. The summed E-state index contributed by atoms with van der Waals surface area (Å²) in [6, 6.07) is 6.13. The standard InChI is InChI=1S/C9H11N3/c1-11-4-5-12-8(6-10)2-3-9(12)7-11/h2-3H,4-5,7H2,1H3. The highest BCUT2D eigenvalue weighted by atomic mass is 15.2. The van der Waals surface area contributed by atoms with Crippen LogP contribution in [-0.2, 0) is 13.1 Å². The molecule has 0 radical (unpaired) electrons. The number of nitrogens with zero attached hydrogens (tertiary/aromatic N) is 3. The van der Waals surface area contributed by atoms with Gasteiger partial charge < -0.3 is 4.57 Å². The van der Waals surface area contributed by atoms with Gasteiger partial charge in [0.15, 0.2) is 0 Å². The topological polar surface area (TPSA) is 32.0 Å². The quantitative estimate of drug-likeness (QED) is 0.564. The van der Waals surface area contributed by atoms with Crippen molar-refractivity contribution in [2.45, 2.75) is 13.1 Å². The zero-order chi connectivity index (χ0) is 8.55. The fourth-order valence-electron chi connectivity index (χ4n) is 1.64. The van der Waals surface area contributed by atoms with Crippen LogP contribution in [0.4, 0.5) is 0 Å². The molecule has 3 heteroatoms. The minimum absolute atomic E-state index is 0.790. The van der Waals surface area contributed by atoms with Gasteiger partial charge in [0.05, 0.1) is 0 Å². The first-order valence-electron chi connectivity index (χ1n) is 4.08. The van der Waals surface area contributed by atoms with E-state index in [1.54, 1.807) is 0 Å². The molecule has 0 aliphatic carbocycles. The number of fused-ring (bicyclic) bond motifs is 1. The highest BCUT2D eigenvalue weighted by molar-refractivity contribution is 5.27. The number of rotatable bonds is 0. The molecular formula is C9H11N3. The molecule has 0 unspecified atom stereocenters. The molecule has 1 aromatic rings. The van der Waals surface area contributed by atoms with E-state index < -0.39 is 0 Å². The number of nitriles is 1. The third-order valence-corrected chi connectivity index (χ3v) is 2.32. The lowest BCUT2D eigenvalue weighted by atomic mass is 10.3. The van der Waals surface area contributed by atoms with Gasteiger partial charge in [-0.2, -0.15) is 5.26 Å². The predicted octanol–water partition coefficient (Wildman–Crippen LogP) is 0.805. The monoisotopic (exact) mass is 161 g/mol. The Bertz CT molecular complexity index is 332. The van der Waals surface area contributed by atoms with Crippen molar-refractivity contribution in [2.75, 3.05) is 13.6 Å². The van der Waals surface area contributed by atoms with Crippen LogP contribution in [0.5, 0.6) is 0 Å². The van der Waals surface area contributed by atoms with Crippen molar-refractivity contribution in [1.82, 2.24) is 9.47 Å². The molecule has 3 nitrogen and oxygen atoms in total. The minimum atomic E-state index is 0.790. The van der Waals surface area contributed by atoms with E-state index in [-0.39, 0.29) is 0 Å². The van der Waals surface area contributed by atoms with E-state index in [4.69, 9.17) is 5.26 Å². The maximum absolute atomic E-state index is 8.76. The van der Waals surface area contributed by atoms with Crippen molar-refractivity contribution in [2.24, 2.45) is 0 Å². The van der Waals surface area contributed by atoms with Gasteiger partial charge >= 0.3 is 0 Å². The summed E-state index contributed by atoms with van der Waals surface area (Å²) in [6.45, 7) is 2.94. The molecule has 0 spiro atoms. The average Bonchev–Trinajstić information content (AvgIpc) is 2.46. The van der Waals surface area contributed by atoms with Gasteiger partial charge in [0.1, 0.15) is 11.8 Å². The maximum atomic E-state index is 8.76. The molecule has 62 valence electrons. The van der Waals surface area contributed by atoms with E-state index in [1.165, 1.54) is 5.69 Å². The van der Waals surface area contributed by atoms with Crippen LogP contribution in [0.1, 0.15) is 11.4 Å². The normalized spacial score (nSPS) is 17.0. The molecule has 1 aliphatic heterocycles. The Labute approximate surface area is 71.8 Å². The van der Waals surface area contributed by atoms with Crippen LogP contribution < -0.4 is 0 Å². The van der Waals surface area contributed by atoms with Gasteiger partial charge in [0, 0.05) is 25.3 Å². The number of hydrogen-bond donors (Lipinski definition) is 0. The molecule has 12 heavy (non-hydrogen) atoms. The van der Waals surface area contributed by atoms with E-state index in [9.17, 15) is 0 Å². The number of likely N-dealkylation sites (N-methyl/N-ethyl adjacent to an activating group) is 1. The lowest BCUT2D eigenvalue weighted by molar-refractivity contribution is 0.269. The van der Waals surface area contributed by atoms with Crippen molar-refractivity contribution in [3.8, 4) is 6.07 Å². The molecule has 0 fully saturated rings. The van der Waals surface area contributed by atoms with E-state index in [1.807, 2.05) is 12.1 Å². The average molecular weight is 161 g/mol. The smallest absolute Gasteiger partial charge is 0.120 e. The molecule has 0 atom stereocenters. The van der Waals surface area contributed by atoms with E-state index in [2.05, 4.69) is 22.6 Å². The van der Waals surface area contributed by atoms with Gasteiger partial charge in [0.25, 0.3) is 0 Å². The maximum Gasteiger partial charge on any atom is 0.120 e. The third kappa shape index (κ3) is 1.01. The Morgan fingerprint density at radius 2 is 2.25 bits per heavy atom. The minimum Gasteiger partial charge on any atom is -0.334 e. The first-order valence-corrected chi connectivity index (χ1v) is 4.08. The molecule has 1 aliphatic rings. The summed E-state index contributed by atoms with van der Waals surface area (Å²) in [5.74, 6) is 0. The van der Waals surface area contributed by atoms with Crippen LogP contribution in [-0.4, -0.2) is 23.1 Å². The first-order chi connectivity index (χ1) is 5.81. The fourth-order valence-corrected chi connectivity index (χ4v) is 1.64. The predicted molar refractivity (Wildman–Crippen MR) is 45.5 cm³/mol. The zero-order valence-electron chi connectivity index (χ0n) is 7.12. The SMILES string of the molecule is CN1CCn2c(C#N)ccc2C1. The summed E-state index contributed by atoms with van der Waals surface area (Å²) < 4.78 is 2.10. The molecule has 0 saturated carbocycles. The van der Waals surface area contributed by atoms with Gasteiger partial charge in [-0.1, -0.05) is 0 Å². The van der Waals surface area contributed by atoms with Gasteiger partial charge in [0.2, 0.25) is 0 Å². The van der Waals surface area contributed by atoms with Crippen LogP contribution in [0.2, 0.25) is 0 Å². The third-order valence-electron chi connectivity index (χ3n) is 2.32. The molecule has 2 heterocycles. The first kappa shape index (κ1) is 7.38. The second-order valence-electron chi connectivity index (χ2n) is 3.21. The summed E-state index contributed by atoms with van der Waals surface area (Å²) in [5, 5.41) is 8.76. The van der Waals surface area contributed by atoms with Crippen molar-refractivity contribution in [3.63, 3.8) is 0 Å². The summed E-state index contributed by atoms with van der Waals surface area (Å²) in [6.07, 6.45) is 0. The van der Waals surface area contributed by atoms with Gasteiger partial charge in [-0.15, -0.1) is 0 Å². The lowest BCUT2D eigenvalue weighted by Crippen LogP contribution is -2.30. The van der Waals surface area contributed by atoms with Crippen LogP contribution >= 0.6 is 0 Å². The lowest BCUT2D eigenvalue weighted by Gasteiger charge is -2.24. The number of hydrogen-bond acceptors (Lipinski definition) is 2. The zero-order valence-corrected chi connectivity index (χ0v) is 7.12. The van der Waals surface area contributed by atoms with E-state index >= 15 is 0 Å². The summed E-state index contributed by atoms with van der Waals surface area (Å²) in [4.78, 5) is 2.26. The molecule has 0 bridgehead atoms. The van der Waals surface area contributed by atoms with E-state index in [0.29, 0.717) is 0 Å². The van der Waals surface area contributed by atoms with Gasteiger partial charge in [-0.3, -0.25) is 4.90 Å². The fraction of sp³-hybridized carbons (Fsp3) is 0.444. The highest BCUT2D eigenvalue weighted by Crippen LogP contribution is 2.14. The Kier molecular flexibility index (Phi) is 1.63. The Morgan fingerprint density at radius 1 is 1.42 bits per heavy atom. The molecule has 0 saturated heterocycles. The van der Waals surface area contributed by atoms with Crippen LogP contribution in [0.15, 0.2) is 12.1 Å². The highest BCUT2D eigenvalue weighted by Gasteiger charge is 2.14. The number of aromatic nitrogens is 1. The molecular weight excluding hydrogens is 150 g/mol. The second kappa shape index (κ2) is 2.65. The van der Waals surface area contributed by atoms with E-state index in [0.717, 1.165) is 25.3 Å². The van der Waals surface area contributed by atoms with Crippen molar-refractivity contribution in [3.05, 3.63) is 23.5 Å². The Balaban J connectivity index is 2.40. The van der Waals surface area contributed by atoms with Crippen LogP contribution in [0.3, 0.4) is 0 Å². The molecule has 2 rings (SSSR count). The summed E-state index contributed by atoms with van der Waals surface area (Å²) >= 11 is 0. The van der Waals surface area contributed by atoms with Crippen molar-refractivity contribution < 1.29 is 0 Å². The van der Waals surface area contributed by atoms with Gasteiger partial charge in [-0.25, -0.2) is 0 Å². The largest absolute Gasteiger partial charge is 0.334 e. The molecule has 0 N–H and O–H groups in total. The summed E-state index contributed by atoms with van der Waals surface area (Å²) in [5.41, 5.74) is 2.04. The van der Waals surface area contributed by atoms with Crippen molar-refractivity contribution in [1.29, 1.82) is 5.26 Å².